The van der Waals surface area contributed by atoms with Crippen molar-refractivity contribution in [2.45, 2.75) is 38.2 Å². The molecule has 1 aliphatic carbocycles. The second kappa shape index (κ2) is 4.45. The van der Waals surface area contributed by atoms with Crippen molar-refractivity contribution in [3.8, 4) is 0 Å². The normalized spacial score (nSPS) is 30.1. The number of hydrogen-bond donors (Lipinski definition) is 1. The molecule has 70 valence electrons. The summed E-state index contributed by atoms with van der Waals surface area (Å²) < 4.78 is 5.24. The van der Waals surface area contributed by atoms with Gasteiger partial charge in [0.05, 0.1) is 12.5 Å². The summed E-state index contributed by atoms with van der Waals surface area (Å²) in [5.74, 6) is -0.467. The van der Waals surface area contributed by atoms with Crippen molar-refractivity contribution >= 4 is 5.97 Å². The Balaban J connectivity index is 2.41. The lowest BCUT2D eigenvalue weighted by atomic mass is 9.84. The molecule has 0 unspecified atom stereocenters. The predicted octanol–water partition coefficient (Wildman–Crippen LogP) is 1.67. The van der Waals surface area contributed by atoms with Crippen molar-refractivity contribution in [2.75, 3.05) is 7.11 Å². The highest BCUT2D eigenvalue weighted by Gasteiger charge is 2.26. The Labute approximate surface area is 72.7 Å². The van der Waals surface area contributed by atoms with E-state index in [4.69, 9.17) is 9.84 Å². The zero-order valence-electron chi connectivity index (χ0n) is 7.45. The van der Waals surface area contributed by atoms with Gasteiger partial charge >= 0.3 is 5.97 Å². The highest BCUT2D eigenvalue weighted by Crippen LogP contribution is 2.28. The second-order valence-electron chi connectivity index (χ2n) is 3.42. The van der Waals surface area contributed by atoms with E-state index in [9.17, 15) is 4.79 Å². The fraction of sp³-hybridized carbons (Fsp3) is 0.889. The number of aliphatic carboxylic acids is 1. The van der Waals surface area contributed by atoms with Crippen molar-refractivity contribution in [1.29, 1.82) is 0 Å². The van der Waals surface area contributed by atoms with Crippen LogP contribution in [0.5, 0.6) is 0 Å². The molecule has 1 N–H and O–H groups in total. The van der Waals surface area contributed by atoms with Crippen LogP contribution in [0.2, 0.25) is 0 Å². The van der Waals surface area contributed by atoms with Crippen molar-refractivity contribution in [3.05, 3.63) is 0 Å². The smallest absolute Gasteiger partial charge is 0.303 e. The van der Waals surface area contributed by atoms with Crippen LogP contribution < -0.4 is 0 Å². The van der Waals surface area contributed by atoms with Crippen molar-refractivity contribution in [3.63, 3.8) is 0 Å². The Kier molecular flexibility index (Phi) is 3.53. The van der Waals surface area contributed by atoms with Gasteiger partial charge in [0.15, 0.2) is 0 Å². The van der Waals surface area contributed by atoms with Crippen LogP contribution in [-0.2, 0) is 9.53 Å². The van der Waals surface area contributed by atoms with Gasteiger partial charge in [-0.05, 0) is 18.8 Å². The average molecular weight is 172 g/mol. The molecule has 0 aliphatic heterocycles. The molecule has 0 spiro atoms. The predicted molar refractivity (Wildman–Crippen MR) is 45.0 cm³/mol. The van der Waals surface area contributed by atoms with E-state index in [1.807, 2.05) is 0 Å². The fourth-order valence-corrected chi connectivity index (χ4v) is 1.94. The lowest BCUT2D eigenvalue weighted by Crippen LogP contribution is -2.28. The third kappa shape index (κ3) is 2.48. The highest BCUT2D eigenvalue weighted by molar-refractivity contribution is 5.67. The topological polar surface area (TPSA) is 46.5 Å². The van der Waals surface area contributed by atoms with Crippen molar-refractivity contribution in [2.24, 2.45) is 5.92 Å². The molecule has 3 heteroatoms. The zero-order valence-corrected chi connectivity index (χ0v) is 7.45. The van der Waals surface area contributed by atoms with Gasteiger partial charge in [0.1, 0.15) is 0 Å². The van der Waals surface area contributed by atoms with Gasteiger partial charge in [-0.2, -0.15) is 0 Å². The molecule has 1 fully saturated rings. The van der Waals surface area contributed by atoms with Gasteiger partial charge in [-0.1, -0.05) is 12.8 Å². The quantitative estimate of drug-likeness (QED) is 0.704. The van der Waals surface area contributed by atoms with Crippen LogP contribution in [0, 0.1) is 5.92 Å². The molecule has 0 heterocycles. The van der Waals surface area contributed by atoms with Crippen LogP contribution in [0.4, 0.5) is 0 Å². The fourth-order valence-electron chi connectivity index (χ4n) is 1.94. The van der Waals surface area contributed by atoms with E-state index in [1.54, 1.807) is 7.11 Å². The monoisotopic (exact) mass is 172 g/mol. The summed E-state index contributed by atoms with van der Waals surface area (Å²) in [5.41, 5.74) is 0. The van der Waals surface area contributed by atoms with E-state index in [-0.39, 0.29) is 18.4 Å². The number of carboxylic acid groups (broad SMARTS) is 1. The summed E-state index contributed by atoms with van der Waals surface area (Å²) in [7, 11) is 1.67. The second-order valence-corrected chi connectivity index (χ2v) is 3.42. The third-order valence-corrected chi connectivity index (χ3v) is 2.58. The summed E-state index contributed by atoms with van der Waals surface area (Å²) in [6.45, 7) is 0. The summed E-state index contributed by atoms with van der Waals surface area (Å²) in [6.07, 6.45) is 4.79. The first-order chi connectivity index (χ1) is 5.74. The molecule has 12 heavy (non-hydrogen) atoms. The Morgan fingerprint density at radius 2 is 2.17 bits per heavy atom. The van der Waals surface area contributed by atoms with Gasteiger partial charge in [0.2, 0.25) is 0 Å². The van der Waals surface area contributed by atoms with Crippen LogP contribution in [0.25, 0.3) is 0 Å². The number of rotatable bonds is 3. The molecule has 0 bridgehead atoms. The average Bonchev–Trinajstić information content (AvgIpc) is 2.04. The Morgan fingerprint density at radius 1 is 1.50 bits per heavy atom. The molecule has 0 radical (unpaired) electrons. The maximum absolute atomic E-state index is 10.5. The van der Waals surface area contributed by atoms with E-state index in [0.717, 1.165) is 19.3 Å². The summed E-state index contributed by atoms with van der Waals surface area (Å²) >= 11 is 0. The lowest BCUT2D eigenvalue weighted by Gasteiger charge is -2.29. The summed E-state index contributed by atoms with van der Waals surface area (Å²) in [6, 6.07) is 0. The Hall–Kier alpha value is -0.570. The Morgan fingerprint density at radius 3 is 2.75 bits per heavy atom. The molecule has 0 amide bonds. The van der Waals surface area contributed by atoms with Crippen LogP contribution in [0.3, 0.4) is 0 Å². The first-order valence-electron chi connectivity index (χ1n) is 4.48. The molecule has 0 saturated heterocycles. The van der Waals surface area contributed by atoms with Crippen molar-refractivity contribution < 1.29 is 14.6 Å². The van der Waals surface area contributed by atoms with Crippen LogP contribution in [0.15, 0.2) is 0 Å². The molecular weight excluding hydrogens is 156 g/mol. The molecular formula is C9H16O3. The van der Waals surface area contributed by atoms with Crippen LogP contribution in [0.1, 0.15) is 32.1 Å². The first-order valence-corrected chi connectivity index (χ1v) is 4.48. The largest absolute Gasteiger partial charge is 0.481 e. The summed E-state index contributed by atoms with van der Waals surface area (Å²) in [5, 5.41) is 8.62. The molecule has 1 saturated carbocycles. The lowest BCUT2D eigenvalue weighted by molar-refractivity contribution is -0.139. The minimum atomic E-state index is -0.705. The molecule has 2 atom stereocenters. The zero-order chi connectivity index (χ0) is 8.97. The minimum absolute atomic E-state index is 0.176. The van der Waals surface area contributed by atoms with Gasteiger partial charge in [0.25, 0.3) is 0 Å². The van der Waals surface area contributed by atoms with E-state index in [0.29, 0.717) is 0 Å². The number of ether oxygens (including phenoxy) is 1. The van der Waals surface area contributed by atoms with E-state index >= 15 is 0 Å². The molecule has 0 aromatic carbocycles. The van der Waals surface area contributed by atoms with Gasteiger partial charge in [0, 0.05) is 7.11 Å². The standard InChI is InChI=1S/C9H16O3/c1-12-8-5-3-2-4-7(8)6-9(10)11/h7-8H,2-6H2,1H3,(H,10,11)/t7-,8+/m1/s1. The SMILES string of the molecule is CO[C@H]1CCCC[C@@H]1CC(=O)O. The minimum Gasteiger partial charge on any atom is -0.481 e. The van der Waals surface area contributed by atoms with Gasteiger partial charge in [-0.15, -0.1) is 0 Å². The number of carbonyl (C=O) groups is 1. The van der Waals surface area contributed by atoms with Crippen LogP contribution >= 0.6 is 0 Å². The van der Waals surface area contributed by atoms with E-state index in [2.05, 4.69) is 0 Å². The molecule has 1 rings (SSSR count). The molecule has 1 aliphatic rings. The number of hydrogen-bond acceptors (Lipinski definition) is 2. The van der Waals surface area contributed by atoms with E-state index < -0.39 is 5.97 Å². The molecule has 3 nitrogen and oxygen atoms in total. The molecule has 0 aromatic rings. The number of methoxy groups -OCH3 is 1. The Bertz CT molecular complexity index is 156. The maximum atomic E-state index is 10.5. The highest BCUT2D eigenvalue weighted by atomic mass is 16.5. The summed E-state index contributed by atoms with van der Waals surface area (Å²) in [4.78, 5) is 10.5. The third-order valence-electron chi connectivity index (χ3n) is 2.58. The van der Waals surface area contributed by atoms with Crippen molar-refractivity contribution in [1.82, 2.24) is 0 Å². The van der Waals surface area contributed by atoms with Crippen LogP contribution in [-0.4, -0.2) is 24.3 Å². The van der Waals surface area contributed by atoms with E-state index in [1.165, 1.54) is 6.42 Å². The first kappa shape index (κ1) is 9.52. The maximum Gasteiger partial charge on any atom is 0.303 e. The molecule has 0 aromatic heterocycles. The number of carboxylic acids is 1. The van der Waals surface area contributed by atoms with Gasteiger partial charge in [-0.3, -0.25) is 4.79 Å². The van der Waals surface area contributed by atoms with Gasteiger partial charge in [-0.25, -0.2) is 0 Å². The van der Waals surface area contributed by atoms with Gasteiger partial charge < -0.3 is 9.84 Å².